The summed E-state index contributed by atoms with van der Waals surface area (Å²) in [5.41, 5.74) is 4.13. The van der Waals surface area contributed by atoms with Gasteiger partial charge in [0.2, 0.25) is 0 Å². The Hall–Kier alpha value is -2.07. The maximum absolute atomic E-state index is 13.4. The molecular weight excluding hydrogens is 307 g/mol. The van der Waals surface area contributed by atoms with Gasteiger partial charge in [-0.15, -0.1) is 11.3 Å². The van der Waals surface area contributed by atoms with Crippen LogP contribution < -0.4 is 0 Å². The summed E-state index contributed by atoms with van der Waals surface area (Å²) in [7, 11) is 0. The van der Waals surface area contributed by atoms with Gasteiger partial charge in [-0.1, -0.05) is 25.0 Å². The van der Waals surface area contributed by atoms with E-state index in [2.05, 4.69) is 11.1 Å². The quantitative estimate of drug-likeness (QED) is 0.620. The van der Waals surface area contributed by atoms with Gasteiger partial charge in [-0.25, -0.2) is 9.37 Å². The SMILES string of the molecule is Fc1cccc(-c2csc(-c3cnccc3C3CCCC3)n2)c1. The first-order valence-electron chi connectivity index (χ1n) is 7.97. The van der Waals surface area contributed by atoms with Gasteiger partial charge < -0.3 is 0 Å². The normalized spacial score (nSPS) is 15.2. The maximum atomic E-state index is 13.4. The van der Waals surface area contributed by atoms with Gasteiger partial charge in [0.25, 0.3) is 0 Å². The zero-order valence-corrected chi connectivity index (χ0v) is 13.5. The lowest BCUT2D eigenvalue weighted by Gasteiger charge is -2.13. The van der Waals surface area contributed by atoms with Crippen LogP contribution in [0.4, 0.5) is 4.39 Å². The Bertz CT molecular complexity index is 821. The molecule has 116 valence electrons. The summed E-state index contributed by atoms with van der Waals surface area (Å²) in [5.74, 6) is 0.389. The molecule has 0 spiro atoms. The van der Waals surface area contributed by atoms with Crippen molar-refractivity contribution in [3.8, 4) is 21.8 Å². The van der Waals surface area contributed by atoms with Gasteiger partial charge in [0, 0.05) is 28.9 Å². The molecule has 2 aromatic heterocycles. The lowest BCUT2D eigenvalue weighted by Crippen LogP contribution is -1.96. The molecule has 0 N–H and O–H groups in total. The molecule has 1 saturated carbocycles. The van der Waals surface area contributed by atoms with Gasteiger partial charge in [-0.2, -0.15) is 0 Å². The van der Waals surface area contributed by atoms with E-state index < -0.39 is 0 Å². The molecule has 2 heterocycles. The van der Waals surface area contributed by atoms with Crippen LogP contribution in [0.5, 0.6) is 0 Å². The van der Waals surface area contributed by atoms with Crippen molar-refractivity contribution in [2.45, 2.75) is 31.6 Å². The van der Waals surface area contributed by atoms with Crippen molar-refractivity contribution in [1.82, 2.24) is 9.97 Å². The Labute approximate surface area is 139 Å². The molecular formula is C19H17FN2S. The predicted molar refractivity (Wildman–Crippen MR) is 91.9 cm³/mol. The molecule has 3 aromatic rings. The predicted octanol–water partition coefficient (Wildman–Crippen LogP) is 5.67. The first kappa shape index (κ1) is 14.5. The van der Waals surface area contributed by atoms with Gasteiger partial charge in [-0.05, 0) is 42.5 Å². The minimum Gasteiger partial charge on any atom is -0.264 e. The number of nitrogens with zero attached hydrogens (tertiary/aromatic N) is 2. The van der Waals surface area contributed by atoms with Gasteiger partial charge >= 0.3 is 0 Å². The average molecular weight is 324 g/mol. The summed E-state index contributed by atoms with van der Waals surface area (Å²) in [5, 5.41) is 2.97. The van der Waals surface area contributed by atoms with Crippen LogP contribution in [0.3, 0.4) is 0 Å². The maximum Gasteiger partial charge on any atom is 0.125 e. The number of hydrogen-bond donors (Lipinski definition) is 0. The zero-order chi connectivity index (χ0) is 15.6. The van der Waals surface area contributed by atoms with Crippen LogP contribution in [0.1, 0.15) is 37.2 Å². The number of halogens is 1. The molecule has 1 aromatic carbocycles. The zero-order valence-electron chi connectivity index (χ0n) is 12.7. The molecule has 0 amide bonds. The van der Waals surface area contributed by atoms with Crippen LogP contribution >= 0.6 is 11.3 Å². The van der Waals surface area contributed by atoms with E-state index in [9.17, 15) is 4.39 Å². The van der Waals surface area contributed by atoms with Crippen molar-refractivity contribution in [2.75, 3.05) is 0 Å². The van der Waals surface area contributed by atoms with Crippen LogP contribution in [0.15, 0.2) is 48.1 Å². The molecule has 0 aliphatic heterocycles. The van der Waals surface area contributed by atoms with Crippen molar-refractivity contribution < 1.29 is 4.39 Å². The lowest BCUT2D eigenvalue weighted by molar-refractivity contribution is 0.628. The average Bonchev–Trinajstić information content (AvgIpc) is 3.27. The largest absolute Gasteiger partial charge is 0.264 e. The minimum absolute atomic E-state index is 0.231. The van der Waals surface area contributed by atoms with Crippen LogP contribution in [0, 0.1) is 5.82 Å². The molecule has 4 heteroatoms. The molecule has 23 heavy (non-hydrogen) atoms. The summed E-state index contributed by atoms with van der Waals surface area (Å²) < 4.78 is 13.4. The van der Waals surface area contributed by atoms with Crippen LogP contribution in [-0.2, 0) is 0 Å². The van der Waals surface area contributed by atoms with Gasteiger partial charge in [0.15, 0.2) is 0 Å². The molecule has 0 atom stereocenters. The van der Waals surface area contributed by atoms with Crippen molar-refractivity contribution in [2.24, 2.45) is 0 Å². The summed E-state index contributed by atoms with van der Waals surface area (Å²) >= 11 is 1.60. The fraction of sp³-hybridized carbons (Fsp3) is 0.263. The van der Waals surface area contributed by atoms with Crippen LogP contribution in [0.25, 0.3) is 21.8 Å². The van der Waals surface area contributed by atoms with Crippen molar-refractivity contribution >= 4 is 11.3 Å². The van der Waals surface area contributed by atoms with Gasteiger partial charge in [0.1, 0.15) is 10.8 Å². The smallest absolute Gasteiger partial charge is 0.125 e. The summed E-state index contributed by atoms with van der Waals surface area (Å²) in [6, 6.07) is 8.73. The topological polar surface area (TPSA) is 25.8 Å². The van der Waals surface area contributed by atoms with E-state index in [0.29, 0.717) is 5.92 Å². The first-order chi connectivity index (χ1) is 11.3. The molecule has 0 radical (unpaired) electrons. The summed E-state index contributed by atoms with van der Waals surface area (Å²) in [4.78, 5) is 9.03. The third kappa shape index (κ3) is 2.91. The highest BCUT2D eigenvalue weighted by atomic mass is 32.1. The Kier molecular flexibility index (Phi) is 3.92. The summed E-state index contributed by atoms with van der Waals surface area (Å²) in [6.07, 6.45) is 8.90. The number of benzene rings is 1. The van der Waals surface area contributed by atoms with E-state index in [0.717, 1.165) is 21.8 Å². The Morgan fingerprint density at radius 1 is 1.13 bits per heavy atom. The number of thiazole rings is 1. The second-order valence-corrected chi connectivity index (χ2v) is 6.85. The highest BCUT2D eigenvalue weighted by Gasteiger charge is 2.21. The number of hydrogen-bond acceptors (Lipinski definition) is 3. The standard InChI is InChI=1S/C19H17FN2S/c20-15-7-3-6-14(10-15)18-12-23-19(22-18)17-11-21-9-8-16(17)13-4-1-2-5-13/h3,6-13H,1-2,4-5H2. The van der Waals surface area contributed by atoms with Crippen LogP contribution in [0.2, 0.25) is 0 Å². The van der Waals surface area contributed by atoms with Crippen molar-refractivity contribution in [1.29, 1.82) is 0 Å². The molecule has 4 rings (SSSR count). The van der Waals surface area contributed by atoms with E-state index in [1.165, 1.54) is 43.4 Å². The highest BCUT2D eigenvalue weighted by Crippen LogP contribution is 2.40. The van der Waals surface area contributed by atoms with Gasteiger partial charge in [-0.3, -0.25) is 4.98 Å². The fourth-order valence-corrected chi connectivity index (χ4v) is 4.22. The van der Waals surface area contributed by atoms with Crippen molar-refractivity contribution in [3.63, 3.8) is 0 Å². The Morgan fingerprint density at radius 2 is 2.00 bits per heavy atom. The first-order valence-corrected chi connectivity index (χ1v) is 8.85. The fourth-order valence-electron chi connectivity index (χ4n) is 3.35. The second kappa shape index (κ2) is 6.20. The monoisotopic (exact) mass is 324 g/mol. The minimum atomic E-state index is -0.231. The molecule has 1 aliphatic carbocycles. The van der Waals surface area contributed by atoms with E-state index >= 15 is 0 Å². The second-order valence-electron chi connectivity index (χ2n) is 5.99. The van der Waals surface area contributed by atoms with Crippen molar-refractivity contribution in [3.05, 3.63) is 59.5 Å². The Morgan fingerprint density at radius 3 is 2.83 bits per heavy atom. The van der Waals surface area contributed by atoms with E-state index in [1.807, 2.05) is 23.8 Å². The molecule has 1 fully saturated rings. The molecule has 0 unspecified atom stereocenters. The van der Waals surface area contributed by atoms with E-state index in [1.54, 1.807) is 17.4 Å². The molecule has 0 saturated heterocycles. The van der Waals surface area contributed by atoms with E-state index in [-0.39, 0.29) is 5.82 Å². The van der Waals surface area contributed by atoms with E-state index in [4.69, 9.17) is 4.98 Å². The number of aromatic nitrogens is 2. The Balaban J connectivity index is 1.72. The molecule has 2 nitrogen and oxygen atoms in total. The number of rotatable bonds is 3. The summed E-state index contributed by atoms with van der Waals surface area (Å²) in [6.45, 7) is 0. The number of pyridine rings is 1. The molecule has 0 bridgehead atoms. The highest BCUT2D eigenvalue weighted by molar-refractivity contribution is 7.13. The third-order valence-corrected chi connectivity index (χ3v) is 5.38. The van der Waals surface area contributed by atoms with Gasteiger partial charge in [0.05, 0.1) is 5.69 Å². The van der Waals surface area contributed by atoms with Crippen LogP contribution in [-0.4, -0.2) is 9.97 Å². The third-order valence-electron chi connectivity index (χ3n) is 4.50. The molecule has 1 aliphatic rings. The lowest BCUT2D eigenvalue weighted by atomic mass is 9.95.